The first-order valence-electron chi connectivity index (χ1n) is 10.6. The quantitative estimate of drug-likeness (QED) is 0.404. The first-order chi connectivity index (χ1) is 13.7. The fraction of sp³-hybridized carbons (Fsp3) is 0.296. The summed E-state index contributed by atoms with van der Waals surface area (Å²) in [6.07, 6.45) is 11.1. The molecule has 0 bridgehead atoms. The van der Waals surface area contributed by atoms with Gasteiger partial charge >= 0.3 is 0 Å². The molecule has 1 aromatic heterocycles. The lowest BCUT2D eigenvalue weighted by atomic mass is 9.83. The van der Waals surface area contributed by atoms with E-state index in [9.17, 15) is 0 Å². The summed E-state index contributed by atoms with van der Waals surface area (Å²) < 4.78 is 0. The SMILES string of the molecule is CCCCCC1=CC=C(c2cccc(-c3ccc4ccccc4n3)c2)C(C)C1. The topological polar surface area (TPSA) is 12.9 Å². The molecule has 1 nitrogen and oxygen atoms in total. The second kappa shape index (κ2) is 8.56. The van der Waals surface area contributed by atoms with Crippen LogP contribution in [-0.4, -0.2) is 4.98 Å². The average molecular weight is 368 g/mol. The maximum atomic E-state index is 4.87. The lowest BCUT2D eigenvalue weighted by Crippen LogP contribution is -2.05. The van der Waals surface area contributed by atoms with Gasteiger partial charge in [-0.05, 0) is 54.5 Å². The van der Waals surface area contributed by atoms with E-state index in [4.69, 9.17) is 4.98 Å². The summed E-state index contributed by atoms with van der Waals surface area (Å²) in [5.74, 6) is 0.571. The number of pyridine rings is 1. The number of hydrogen-bond acceptors (Lipinski definition) is 1. The number of unbranched alkanes of at least 4 members (excludes halogenated alkanes) is 2. The normalized spacial score (nSPS) is 16.7. The molecule has 4 rings (SSSR count). The van der Waals surface area contributed by atoms with Crippen LogP contribution in [0.5, 0.6) is 0 Å². The van der Waals surface area contributed by atoms with Gasteiger partial charge in [0.2, 0.25) is 0 Å². The monoisotopic (exact) mass is 367 g/mol. The van der Waals surface area contributed by atoms with Crippen molar-refractivity contribution < 1.29 is 0 Å². The van der Waals surface area contributed by atoms with E-state index in [1.54, 1.807) is 5.57 Å². The summed E-state index contributed by atoms with van der Waals surface area (Å²) in [6, 6.07) is 21.5. The molecule has 0 aliphatic heterocycles. The van der Waals surface area contributed by atoms with E-state index < -0.39 is 0 Å². The number of hydrogen-bond donors (Lipinski definition) is 0. The van der Waals surface area contributed by atoms with Gasteiger partial charge in [0.1, 0.15) is 0 Å². The minimum Gasteiger partial charge on any atom is -0.248 e. The van der Waals surface area contributed by atoms with Gasteiger partial charge in [-0.3, -0.25) is 0 Å². The zero-order valence-electron chi connectivity index (χ0n) is 17.0. The van der Waals surface area contributed by atoms with Crippen LogP contribution in [0.2, 0.25) is 0 Å². The highest BCUT2D eigenvalue weighted by Crippen LogP contribution is 2.35. The predicted octanol–water partition coefficient (Wildman–Crippen LogP) is 7.83. The Morgan fingerprint density at radius 3 is 2.61 bits per heavy atom. The van der Waals surface area contributed by atoms with Crippen LogP contribution in [0.4, 0.5) is 0 Å². The Morgan fingerprint density at radius 2 is 1.75 bits per heavy atom. The summed E-state index contributed by atoms with van der Waals surface area (Å²) in [5.41, 5.74) is 7.66. The van der Waals surface area contributed by atoms with Crippen LogP contribution in [0.25, 0.3) is 27.7 Å². The smallest absolute Gasteiger partial charge is 0.0709 e. The van der Waals surface area contributed by atoms with Crippen molar-refractivity contribution >= 4 is 16.5 Å². The van der Waals surface area contributed by atoms with E-state index in [0.717, 1.165) is 11.2 Å². The molecule has 0 N–H and O–H groups in total. The van der Waals surface area contributed by atoms with Crippen molar-refractivity contribution in [3.63, 3.8) is 0 Å². The Morgan fingerprint density at radius 1 is 0.893 bits per heavy atom. The van der Waals surface area contributed by atoms with Gasteiger partial charge in [0.15, 0.2) is 0 Å². The molecular formula is C27H29N. The summed E-state index contributed by atoms with van der Waals surface area (Å²) in [5, 5.41) is 1.19. The third kappa shape index (κ3) is 4.09. The van der Waals surface area contributed by atoms with Gasteiger partial charge in [0, 0.05) is 10.9 Å². The van der Waals surface area contributed by atoms with Crippen molar-refractivity contribution in [3.8, 4) is 11.3 Å². The lowest BCUT2D eigenvalue weighted by Gasteiger charge is -2.22. The van der Waals surface area contributed by atoms with Gasteiger partial charge in [-0.25, -0.2) is 4.98 Å². The standard InChI is InChI=1S/C27H29N/c1-3-4-5-9-21-14-16-25(20(2)18-21)23-11-8-12-24(19-23)27-17-15-22-10-6-7-13-26(22)28-27/h6-8,10-17,19-20H,3-5,9,18H2,1-2H3. The van der Waals surface area contributed by atoms with Crippen LogP contribution < -0.4 is 0 Å². The highest BCUT2D eigenvalue weighted by atomic mass is 14.7. The minimum atomic E-state index is 0.571. The van der Waals surface area contributed by atoms with Crippen molar-refractivity contribution in [2.24, 2.45) is 5.92 Å². The Kier molecular flexibility index (Phi) is 5.71. The second-order valence-electron chi connectivity index (χ2n) is 7.98. The molecule has 1 unspecified atom stereocenters. The molecule has 0 radical (unpaired) electrons. The zero-order valence-corrected chi connectivity index (χ0v) is 17.0. The maximum Gasteiger partial charge on any atom is 0.0709 e. The van der Waals surface area contributed by atoms with Crippen molar-refractivity contribution in [1.82, 2.24) is 4.98 Å². The lowest BCUT2D eigenvalue weighted by molar-refractivity contribution is 0.651. The largest absolute Gasteiger partial charge is 0.248 e. The summed E-state index contributed by atoms with van der Waals surface area (Å²) >= 11 is 0. The van der Waals surface area contributed by atoms with Crippen LogP contribution >= 0.6 is 0 Å². The van der Waals surface area contributed by atoms with Gasteiger partial charge in [-0.2, -0.15) is 0 Å². The summed E-state index contributed by atoms with van der Waals surface area (Å²) in [6.45, 7) is 4.63. The number of fused-ring (bicyclic) bond motifs is 1. The Hall–Kier alpha value is -2.67. The predicted molar refractivity (Wildman–Crippen MR) is 121 cm³/mol. The number of para-hydroxylation sites is 1. The molecule has 0 amide bonds. The first kappa shape index (κ1) is 18.7. The molecule has 0 saturated heterocycles. The number of benzene rings is 2. The van der Waals surface area contributed by atoms with E-state index >= 15 is 0 Å². The Balaban J connectivity index is 1.61. The van der Waals surface area contributed by atoms with Gasteiger partial charge < -0.3 is 0 Å². The van der Waals surface area contributed by atoms with Crippen LogP contribution in [-0.2, 0) is 0 Å². The first-order valence-corrected chi connectivity index (χ1v) is 10.6. The number of nitrogens with zero attached hydrogens (tertiary/aromatic N) is 1. The fourth-order valence-electron chi connectivity index (χ4n) is 4.20. The van der Waals surface area contributed by atoms with E-state index in [1.165, 1.54) is 54.2 Å². The molecule has 1 heteroatoms. The van der Waals surface area contributed by atoms with E-state index in [1.807, 2.05) is 0 Å². The number of rotatable bonds is 6. The van der Waals surface area contributed by atoms with Crippen molar-refractivity contribution in [2.45, 2.75) is 46.0 Å². The average Bonchev–Trinajstić information content (AvgIpc) is 2.74. The van der Waals surface area contributed by atoms with Crippen LogP contribution in [0.1, 0.15) is 51.5 Å². The molecule has 3 aromatic rings. The minimum absolute atomic E-state index is 0.571. The molecule has 0 fully saturated rings. The number of allylic oxidation sites excluding steroid dienone is 4. The molecule has 2 aromatic carbocycles. The van der Waals surface area contributed by atoms with Gasteiger partial charge in [0.05, 0.1) is 11.2 Å². The van der Waals surface area contributed by atoms with E-state index in [-0.39, 0.29) is 0 Å². The van der Waals surface area contributed by atoms with Crippen molar-refractivity contribution in [1.29, 1.82) is 0 Å². The molecule has 0 spiro atoms. The summed E-state index contributed by atoms with van der Waals surface area (Å²) in [7, 11) is 0. The molecule has 28 heavy (non-hydrogen) atoms. The maximum absolute atomic E-state index is 4.87. The molecule has 1 heterocycles. The zero-order chi connectivity index (χ0) is 19.3. The number of aromatic nitrogens is 1. The highest BCUT2D eigenvalue weighted by Gasteiger charge is 2.17. The molecule has 1 aliphatic carbocycles. The molecule has 142 valence electrons. The van der Waals surface area contributed by atoms with E-state index in [0.29, 0.717) is 5.92 Å². The molecule has 1 atom stereocenters. The van der Waals surface area contributed by atoms with Crippen LogP contribution in [0, 0.1) is 5.92 Å². The van der Waals surface area contributed by atoms with Crippen molar-refractivity contribution in [3.05, 3.63) is 84.0 Å². The Labute approximate surface area is 168 Å². The Bertz CT molecular complexity index is 1030. The van der Waals surface area contributed by atoms with E-state index in [2.05, 4.69) is 86.7 Å². The van der Waals surface area contributed by atoms with Gasteiger partial charge in [-0.15, -0.1) is 0 Å². The van der Waals surface area contributed by atoms with Crippen LogP contribution in [0.15, 0.2) is 78.4 Å². The summed E-state index contributed by atoms with van der Waals surface area (Å²) in [4.78, 5) is 4.87. The van der Waals surface area contributed by atoms with Gasteiger partial charge in [0.25, 0.3) is 0 Å². The third-order valence-electron chi connectivity index (χ3n) is 5.79. The van der Waals surface area contributed by atoms with Crippen LogP contribution in [0.3, 0.4) is 0 Å². The second-order valence-corrected chi connectivity index (χ2v) is 7.98. The van der Waals surface area contributed by atoms with Crippen molar-refractivity contribution in [2.75, 3.05) is 0 Å². The molecule has 0 saturated carbocycles. The molecule has 1 aliphatic rings. The van der Waals surface area contributed by atoms with Gasteiger partial charge in [-0.1, -0.05) is 86.9 Å². The molecular weight excluding hydrogens is 338 g/mol. The highest BCUT2D eigenvalue weighted by molar-refractivity contribution is 5.82. The fourth-order valence-corrected chi connectivity index (χ4v) is 4.20. The third-order valence-corrected chi connectivity index (χ3v) is 5.79.